The standard InChI is InChI=1S/C23H25N7O4S/c24-20(34)18-2-1-4-30(18)21-16-3-5-35-22(16)28-23(27-21)26-19-8-29(12-25-19)15-6-13(9-31)17(11-33)14(7-15)10-32/h3,5-8,12,18,31-33H,1-2,4,9-11H2,(H2,24,34)(H,26,27,28)/t18-/m0/s1. The van der Waals surface area contributed by atoms with Gasteiger partial charge in [-0.25, -0.2) is 9.97 Å². The normalized spacial score (nSPS) is 15.7. The average molecular weight is 496 g/mol. The highest BCUT2D eigenvalue weighted by Crippen LogP contribution is 2.34. The quantitative estimate of drug-likeness (QED) is 0.244. The summed E-state index contributed by atoms with van der Waals surface area (Å²) < 4.78 is 1.73. The average Bonchev–Trinajstić information content (AvgIpc) is 3.63. The third-order valence-electron chi connectivity index (χ3n) is 6.20. The summed E-state index contributed by atoms with van der Waals surface area (Å²) >= 11 is 1.48. The van der Waals surface area contributed by atoms with Crippen LogP contribution in [0.1, 0.15) is 29.5 Å². The van der Waals surface area contributed by atoms with Crippen LogP contribution in [0.3, 0.4) is 0 Å². The van der Waals surface area contributed by atoms with Crippen LogP contribution in [-0.4, -0.2) is 53.3 Å². The number of nitrogens with two attached hydrogens (primary N) is 1. The first-order valence-corrected chi connectivity index (χ1v) is 12.0. The molecule has 4 aromatic rings. The monoisotopic (exact) mass is 495 g/mol. The van der Waals surface area contributed by atoms with Crippen molar-refractivity contribution in [1.29, 1.82) is 0 Å². The summed E-state index contributed by atoms with van der Waals surface area (Å²) in [5, 5.41) is 34.9. The molecule has 0 spiro atoms. The molecule has 12 heteroatoms. The third-order valence-corrected chi connectivity index (χ3v) is 7.00. The Morgan fingerprint density at radius 1 is 1.17 bits per heavy atom. The van der Waals surface area contributed by atoms with E-state index in [0.717, 1.165) is 16.6 Å². The van der Waals surface area contributed by atoms with Crippen molar-refractivity contribution < 1.29 is 20.1 Å². The molecule has 1 aliphatic heterocycles. The number of nitrogens with one attached hydrogen (secondary N) is 1. The summed E-state index contributed by atoms with van der Waals surface area (Å²) in [5.41, 5.74) is 7.88. The molecule has 1 atom stereocenters. The maximum absolute atomic E-state index is 12.0. The van der Waals surface area contributed by atoms with Gasteiger partial charge in [-0.3, -0.25) is 4.79 Å². The summed E-state index contributed by atoms with van der Waals surface area (Å²) in [4.78, 5) is 28.4. The smallest absolute Gasteiger partial charge is 0.240 e. The van der Waals surface area contributed by atoms with Crippen LogP contribution < -0.4 is 16.0 Å². The molecule has 5 rings (SSSR count). The van der Waals surface area contributed by atoms with Gasteiger partial charge in [0, 0.05) is 12.2 Å². The van der Waals surface area contributed by atoms with Crippen molar-refractivity contribution in [3.05, 3.63) is 52.8 Å². The minimum atomic E-state index is -0.400. The molecular formula is C23H25N7O4S. The lowest BCUT2D eigenvalue weighted by molar-refractivity contribution is -0.119. The zero-order chi connectivity index (χ0) is 24.5. The molecule has 0 bridgehead atoms. The lowest BCUT2D eigenvalue weighted by Gasteiger charge is -2.24. The molecule has 1 amide bonds. The Balaban J connectivity index is 1.47. The molecule has 11 nitrogen and oxygen atoms in total. The van der Waals surface area contributed by atoms with E-state index in [2.05, 4.69) is 15.3 Å². The molecule has 1 fully saturated rings. The van der Waals surface area contributed by atoms with E-state index < -0.39 is 6.04 Å². The van der Waals surface area contributed by atoms with Crippen LogP contribution >= 0.6 is 11.3 Å². The number of imidazole rings is 1. The fourth-order valence-corrected chi connectivity index (χ4v) is 5.25. The first-order valence-electron chi connectivity index (χ1n) is 11.1. The van der Waals surface area contributed by atoms with E-state index in [1.165, 1.54) is 11.3 Å². The van der Waals surface area contributed by atoms with E-state index >= 15 is 0 Å². The number of amides is 1. The van der Waals surface area contributed by atoms with Crippen LogP contribution in [-0.2, 0) is 24.6 Å². The first kappa shape index (κ1) is 23.2. The molecule has 4 heterocycles. The number of aliphatic hydroxyl groups is 3. The SMILES string of the molecule is NC(=O)[C@@H]1CCCN1c1nc(Nc2cn(-c3cc(CO)c(CO)c(CO)c3)cn2)nc2sccc12. The van der Waals surface area contributed by atoms with Crippen molar-refractivity contribution in [2.24, 2.45) is 5.73 Å². The zero-order valence-corrected chi connectivity index (χ0v) is 19.6. The Hall–Kier alpha value is -3.58. The molecule has 1 saturated heterocycles. The summed E-state index contributed by atoms with van der Waals surface area (Å²) in [6.45, 7) is -0.122. The van der Waals surface area contributed by atoms with Crippen LogP contribution in [0.15, 0.2) is 36.1 Å². The predicted octanol–water partition coefficient (Wildman–Crippen LogP) is 1.55. The Labute approximate surface area is 204 Å². The number of thiophene rings is 1. The molecular weight excluding hydrogens is 470 g/mol. The number of aromatic nitrogens is 4. The number of rotatable bonds is 8. The van der Waals surface area contributed by atoms with Crippen molar-refractivity contribution in [2.75, 3.05) is 16.8 Å². The Kier molecular flexibility index (Phi) is 6.34. The molecule has 6 N–H and O–H groups in total. The highest BCUT2D eigenvalue weighted by molar-refractivity contribution is 7.16. The maximum atomic E-state index is 12.0. The van der Waals surface area contributed by atoms with E-state index in [4.69, 9.17) is 10.7 Å². The largest absolute Gasteiger partial charge is 0.392 e. The number of fused-ring (bicyclic) bond motifs is 1. The second-order valence-corrected chi connectivity index (χ2v) is 9.17. The number of carbonyl (C=O) groups excluding carboxylic acids is 1. The van der Waals surface area contributed by atoms with Gasteiger partial charge in [-0.15, -0.1) is 11.3 Å². The molecule has 0 saturated carbocycles. The highest BCUT2D eigenvalue weighted by Gasteiger charge is 2.31. The van der Waals surface area contributed by atoms with E-state index in [-0.39, 0.29) is 25.7 Å². The first-order chi connectivity index (χ1) is 17.0. The Morgan fingerprint density at radius 3 is 2.63 bits per heavy atom. The number of anilines is 3. The fourth-order valence-electron chi connectivity index (χ4n) is 4.49. The molecule has 182 valence electrons. The van der Waals surface area contributed by atoms with Crippen LogP contribution in [0.4, 0.5) is 17.6 Å². The van der Waals surface area contributed by atoms with Crippen molar-refractivity contribution >= 4 is 45.0 Å². The van der Waals surface area contributed by atoms with Gasteiger partial charge >= 0.3 is 0 Å². The van der Waals surface area contributed by atoms with Gasteiger partial charge in [0.15, 0.2) is 5.82 Å². The van der Waals surface area contributed by atoms with Crippen LogP contribution in [0.2, 0.25) is 0 Å². The number of carbonyl (C=O) groups is 1. The Bertz CT molecular complexity index is 1360. The number of benzene rings is 1. The number of primary amides is 1. The number of aliphatic hydroxyl groups excluding tert-OH is 3. The molecule has 0 unspecified atom stereocenters. The van der Waals surface area contributed by atoms with Crippen molar-refractivity contribution in [3.63, 3.8) is 0 Å². The fraction of sp³-hybridized carbons (Fsp3) is 0.304. The van der Waals surface area contributed by atoms with Crippen molar-refractivity contribution in [3.8, 4) is 5.69 Å². The van der Waals surface area contributed by atoms with Crippen LogP contribution in [0, 0.1) is 0 Å². The molecule has 35 heavy (non-hydrogen) atoms. The lowest BCUT2D eigenvalue weighted by Crippen LogP contribution is -2.40. The third kappa shape index (κ3) is 4.32. The summed E-state index contributed by atoms with van der Waals surface area (Å²) in [6.07, 6.45) is 4.88. The van der Waals surface area contributed by atoms with Gasteiger partial charge in [-0.1, -0.05) is 0 Å². The van der Waals surface area contributed by atoms with Crippen molar-refractivity contribution in [2.45, 2.75) is 38.7 Å². The van der Waals surface area contributed by atoms with E-state index in [1.54, 1.807) is 29.2 Å². The molecule has 0 radical (unpaired) electrons. The number of nitrogens with zero attached hydrogens (tertiary/aromatic N) is 5. The predicted molar refractivity (Wildman–Crippen MR) is 132 cm³/mol. The van der Waals surface area contributed by atoms with Gasteiger partial charge in [0.25, 0.3) is 0 Å². The topological polar surface area (TPSA) is 163 Å². The van der Waals surface area contributed by atoms with Crippen LogP contribution in [0.25, 0.3) is 15.9 Å². The molecule has 1 aliphatic rings. The van der Waals surface area contributed by atoms with Crippen molar-refractivity contribution in [1.82, 2.24) is 19.5 Å². The van der Waals surface area contributed by atoms with Gasteiger partial charge < -0.3 is 35.8 Å². The summed E-state index contributed by atoms with van der Waals surface area (Å²) in [7, 11) is 0. The maximum Gasteiger partial charge on any atom is 0.240 e. The molecule has 1 aromatic carbocycles. The minimum Gasteiger partial charge on any atom is -0.392 e. The zero-order valence-electron chi connectivity index (χ0n) is 18.8. The van der Waals surface area contributed by atoms with Gasteiger partial charge in [-0.05, 0) is 53.1 Å². The number of hydrogen-bond donors (Lipinski definition) is 5. The molecule has 0 aliphatic carbocycles. The summed E-state index contributed by atoms with van der Waals surface area (Å²) in [5.74, 6) is 1.13. The number of hydrogen-bond acceptors (Lipinski definition) is 10. The second-order valence-electron chi connectivity index (χ2n) is 8.27. The lowest BCUT2D eigenvalue weighted by atomic mass is 10.0. The van der Waals surface area contributed by atoms with Gasteiger partial charge in [0.05, 0.1) is 31.4 Å². The second kappa shape index (κ2) is 9.58. The van der Waals surface area contributed by atoms with Gasteiger partial charge in [-0.2, -0.15) is 4.98 Å². The molecule has 3 aromatic heterocycles. The van der Waals surface area contributed by atoms with E-state index in [1.807, 2.05) is 16.3 Å². The van der Waals surface area contributed by atoms with Gasteiger partial charge in [0.1, 0.15) is 23.0 Å². The highest BCUT2D eigenvalue weighted by atomic mass is 32.1. The van der Waals surface area contributed by atoms with E-state index in [9.17, 15) is 20.1 Å². The van der Waals surface area contributed by atoms with Crippen LogP contribution in [0.5, 0.6) is 0 Å². The van der Waals surface area contributed by atoms with Gasteiger partial charge in [0.2, 0.25) is 11.9 Å². The summed E-state index contributed by atoms with van der Waals surface area (Å²) in [6, 6.07) is 5.01. The Morgan fingerprint density at radius 2 is 1.94 bits per heavy atom. The minimum absolute atomic E-state index is 0.267. The van der Waals surface area contributed by atoms with E-state index in [0.29, 0.717) is 52.9 Å².